The van der Waals surface area contributed by atoms with Gasteiger partial charge in [-0.25, -0.2) is 0 Å². The lowest BCUT2D eigenvalue weighted by Crippen LogP contribution is -2.26. The van der Waals surface area contributed by atoms with Crippen LogP contribution in [0.3, 0.4) is 0 Å². The van der Waals surface area contributed by atoms with E-state index in [2.05, 4.69) is 23.6 Å². The lowest BCUT2D eigenvalue weighted by molar-refractivity contribution is 0.318. The van der Waals surface area contributed by atoms with E-state index in [4.69, 9.17) is 9.47 Å². The fourth-order valence-electron chi connectivity index (χ4n) is 2.46. The Morgan fingerprint density at radius 1 is 1.11 bits per heavy atom. The molecule has 1 aromatic rings. The van der Waals surface area contributed by atoms with Crippen LogP contribution in [0.4, 0.5) is 0 Å². The van der Waals surface area contributed by atoms with Gasteiger partial charge in [0.2, 0.25) is 0 Å². The zero-order valence-electron chi connectivity index (χ0n) is 11.2. The summed E-state index contributed by atoms with van der Waals surface area (Å²) in [5.74, 6) is 1.65. The molecule has 0 N–H and O–H groups in total. The molecule has 1 aliphatic heterocycles. The van der Waals surface area contributed by atoms with Crippen molar-refractivity contribution in [3.8, 4) is 11.5 Å². The molecule has 1 aliphatic rings. The van der Waals surface area contributed by atoms with E-state index in [1.54, 1.807) is 14.2 Å². The first-order valence-corrected chi connectivity index (χ1v) is 6.35. The Balaban J connectivity index is 2.24. The van der Waals surface area contributed by atoms with Gasteiger partial charge in [0, 0.05) is 19.6 Å². The summed E-state index contributed by atoms with van der Waals surface area (Å²) in [4.78, 5) is 2.42. The van der Waals surface area contributed by atoms with E-state index < -0.39 is 0 Å². The van der Waals surface area contributed by atoms with Gasteiger partial charge in [0.1, 0.15) is 0 Å². The second-order valence-electron chi connectivity index (χ2n) is 4.57. The molecule has 0 saturated carbocycles. The molecule has 0 unspecified atom stereocenters. The predicted molar refractivity (Wildman–Crippen MR) is 73.6 cm³/mol. The van der Waals surface area contributed by atoms with Gasteiger partial charge in [0.15, 0.2) is 11.5 Å². The standard InChI is InChI=1S/C15H21NO2/c1-4-7-16-8-5-12-10-14(17-2)15(18-3)11-13(12)6-9-16/h4,10-11H,1,5-9H2,2-3H3. The molecule has 98 valence electrons. The molecule has 2 rings (SSSR count). The molecule has 0 amide bonds. The molecule has 0 aromatic heterocycles. The minimum atomic E-state index is 0.827. The predicted octanol–water partition coefficient (Wildman–Crippen LogP) is 2.29. The third-order valence-corrected chi connectivity index (χ3v) is 3.49. The first-order valence-electron chi connectivity index (χ1n) is 6.35. The number of ether oxygens (including phenoxy) is 2. The second kappa shape index (κ2) is 5.91. The molecule has 0 saturated heterocycles. The molecule has 0 atom stereocenters. The maximum absolute atomic E-state index is 5.36. The number of benzene rings is 1. The van der Waals surface area contributed by atoms with Gasteiger partial charge in [-0.2, -0.15) is 0 Å². The van der Waals surface area contributed by atoms with E-state index in [0.717, 1.165) is 44.0 Å². The minimum Gasteiger partial charge on any atom is -0.493 e. The summed E-state index contributed by atoms with van der Waals surface area (Å²) in [6.07, 6.45) is 4.09. The molecule has 3 heteroatoms. The van der Waals surface area contributed by atoms with E-state index in [9.17, 15) is 0 Å². The quantitative estimate of drug-likeness (QED) is 0.762. The summed E-state index contributed by atoms with van der Waals surface area (Å²) < 4.78 is 10.7. The Morgan fingerprint density at radius 3 is 2.00 bits per heavy atom. The Bertz CT molecular complexity index is 394. The highest BCUT2D eigenvalue weighted by atomic mass is 16.5. The van der Waals surface area contributed by atoms with Gasteiger partial charge >= 0.3 is 0 Å². The molecule has 0 fully saturated rings. The van der Waals surface area contributed by atoms with E-state index in [1.165, 1.54) is 11.1 Å². The lowest BCUT2D eigenvalue weighted by atomic mass is 10.0. The van der Waals surface area contributed by atoms with Crippen molar-refractivity contribution in [2.75, 3.05) is 33.9 Å². The first kappa shape index (κ1) is 13.0. The van der Waals surface area contributed by atoms with Crippen molar-refractivity contribution in [1.82, 2.24) is 4.90 Å². The minimum absolute atomic E-state index is 0.827. The number of fused-ring (bicyclic) bond motifs is 1. The van der Waals surface area contributed by atoms with Crippen LogP contribution in [0.25, 0.3) is 0 Å². The second-order valence-corrected chi connectivity index (χ2v) is 4.57. The van der Waals surface area contributed by atoms with Gasteiger partial charge in [-0.05, 0) is 36.1 Å². The van der Waals surface area contributed by atoms with Crippen LogP contribution in [0.5, 0.6) is 11.5 Å². The van der Waals surface area contributed by atoms with Gasteiger partial charge in [-0.3, -0.25) is 4.90 Å². The Hall–Kier alpha value is -1.48. The van der Waals surface area contributed by atoms with Crippen molar-refractivity contribution in [1.29, 1.82) is 0 Å². The maximum atomic E-state index is 5.36. The molecule has 1 heterocycles. The average Bonchev–Trinajstić information content (AvgIpc) is 2.60. The van der Waals surface area contributed by atoms with E-state index >= 15 is 0 Å². The van der Waals surface area contributed by atoms with Gasteiger partial charge in [-0.15, -0.1) is 6.58 Å². The lowest BCUT2D eigenvalue weighted by Gasteiger charge is -2.16. The molecule has 0 radical (unpaired) electrons. The Kier molecular flexibility index (Phi) is 4.26. The molecule has 3 nitrogen and oxygen atoms in total. The number of nitrogens with zero attached hydrogens (tertiary/aromatic N) is 1. The third kappa shape index (κ3) is 2.67. The highest BCUT2D eigenvalue weighted by Gasteiger charge is 2.16. The first-order chi connectivity index (χ1) is 8.78. The molecular formula is C15H21NO2. The van der Waals surface area contributed by atoms with Crippen LogP contribution in [-0.4, -0.2) is 38.8 Å². The number of hydrogen-bond acceptors (Lipinski definition) is 3. The summed E-state index contributed by atoms with van der Waals surface area (Å²) in [7, 11) is 3.37. The number of rotatable bonds is 4. The molecule has 0 bridgehead atoms. The molecular weight excluding hydrogens is 226 g/mol. The van der Waals surface area contributed by atoms with Gasteiger partial charge < -0.3 is 9.47 Å². The summed E-state index contributed by atoms with van der Waals surface area (Å²) in [5, 5.41) is 0. The Morgan fingerprint density at radius 2 is 1.61 bits per heavy atom. The molecule has 0 spiro atoms. The topological polar surface area (TPSA) is 21.7 Å². The van der Waals surface area contributed by atoms with E-state index in [1.807, 2.05) is 6.08 Å². The average molecular weight is 247 g/mol. The fraction of sp³-hybridized carbons (Fsp3) is 0.467. The monoisotopic (exact) mass is 247 g/mol. The summed E-state index contributed by atoms with van der Waals surface area (Å²) in [6, 6.07) is 4.23. The van der Waals surface area contributed by atoms with Crippen molar-refractivity contribution in [2.45, 2.75) is 12.8 Å². The molecule has 0 aliphatic carbocycles. The van der Waals surface area contributed by atoms with Crippen molar-refractivity contribution in [3.05, 3.63) is 35.9 Å². The highest BCUT2D eigenvalue weighted by molar-refractivity contribution is 5.48. The van der Waals surface area contributed by atoms with Crippen LogP contribution in [0, 0.1) is 0 Å². The van der Waals surface area contributed by atoms with Crippen molar-refractivity contribution in [3.63, 3.8) is 0 Å². The van der Waals surface area contributed by atoms with Crippen LogP contribution in [0.1, 0.15) is 11.1 Å². The van der Waals surface area contributed by atoms with Crippen molar-refractivity contribution in [2.24, 2.45) is 0 Å². The zero-order valence-corrected chi connectivity index (χ0v) is 11.2. The normalized spacial score (nSPS) is 15.7. The smallest absolute Gasteiger partial charge is 0.161 e. The highest BCUT2D eigenvalue weighted by Crippen LogP contribution is 2.32. The summed E-state index contributed by atoms with van der Waals surface area (Å²) in [5.41, 5.74) is 2.75. The number of hydrogen-bond donors (Lipinski definition) is 0. The molecule has 1 aromatic carbocycles. The largest absolute Gasteiger partial charge is 0.493 e. The van der Waals surface area contributed by atoms with Crippen LogP contribution in [-0.2, 0) is 12.8 Å². The maximum Gasteiger partial charge on any atom is 0.161 e. The van der Waals surface area contributed by atoms with Gasteiger partial charge in [0.25, 0.3) is 0 Å². The Labute approximate surface area is 109 Å². The van der Waals surface area contributed by atoms with Gasteiger partial charge in [0.05, 0.1) is 14.2 Å². The summed E-state index contributed by atoms with van der Waals surface area (Å²) in [6.45, 7) is 6.92. The van der Waals surface area contributed by atoms with Crippen LogP contribution >= 0.6 is 0 Å². The zero-order chi connectivity index (χ0) is 13.0. The third-order valence-electron chi connectivity index (χ3n) is 3.49. The number of methoxy groups -OCH3 is 2. The van der Waals surface area contributed by atoms with Gasteiger partial charge in [-0.1, -0.05) is 6.08 Å². The van der Waals surface area contributed by atoms with E-state index in [-0.39, 0.29) is 0 Å². The summed E-state index contributed by atoms with van der Waals surface area (Å²) >= 11 is 0. The van der Waals surface area contributed by atoms with E-state index in [0.29, 0.717) is 0 Å². The molecule has 18 heavy (non-hydrogen) atoms. The van der Waals surface area contributed by atoms with Crippen LogP contribution < -0.4 is 9.47 Å². The SMILES string of the molecule is C=CCN1CCc2cc(OC)c(OC)cc2CC1. The fourth-order valence-corrected chi connectivity index (χ4v) is 2.46. The van der Waals surface area contributed by atoms with Crippen molar-refractivity contribution >= 4 is 0 Å². The van der Waals surface area contributed by atoms with Crippen molar-refractivity contribution < 1.29 is 9.47 Å². The van der Waals surface area contributed by atoms with Crippen LogP contribution in [0.2, 0.25) is 0 Å². The van der Waals surface area contributed by atoms with Crippen LogP contribution in [0.15, 0.2) is 24.8 Å².